The number of Topliss-reactive ketones (excluding diaryl/α,β-unsaturated/α-hetero) is 1. The Morgan fingerprint density at radius 2 is 1.79 bits per heavy atom. The van der Waals surface area contributed by atoms with Gasteiger partial charge in [-0.3, -0.25) is 14.5 Å². The number of carbonyl (C=O) groups excluding carboxylic acids is 2. The number of aliphatic hydroxyl groups excluding tert-OH is 1. The number of hydrogen-bond donors (Lipinski definition) is 1. The molecular formula is C30H24FN3O7S2. The maximum atomic E-state index is 14.1. The number of anilines is 1. The summed E-state index contributed by atoms with van der Waals surface area (Å²) in [5, 5.41) is 20.1. The van der Waals surface area contributed by atoms with Crippen molar-refractivity contribution in [3.05, 3.63) is 88.7 Å². The third-order valence-electron chi connectivity index (χ3n) is 6.89. The minimum absolute atomic E-state index is 0.138. The van der Waals surface area contributed by atoms with Gasteiger partial charge in [-0.25, -0.2) is 4.39 Å². The van der Waals surface area contributed by atoms with Crippen molar-refractivity contribution >= 4 is 45.7 Å². The molecule has 0 spiro atoms. The van der Waals surface area contributed by atoms with E-state index in [-0.39, 0.29) is 22.1 Å². The van der Waals surface area contributed by atoms with E-state index in [1.807, 2.05) is 0 Å². The van der Waals surface area contributed by atoms with Crippen molar-refractivity contribution in [1.82, 2.24) is 10.2 Å². The molecule has 1 saturated heterocycles. The van der Waals surface area contributed by atoms with E-state index in [0.717, 1.165) is 11.3 Å². The van der Waals surface area contributed by atoms with Gasteiger partial charge in [0.2, 0.25) is 5.13 Å². The predicted molar refractivity (Wildman–Crippen MR) is 158 cm³/mol. The summed E-state index contributed by atoms with van der Waals surface area (Å²) in [6.07, 6.45) is 0. The molecule has 2 aliphatic rings. The number of amides is 1. The van der Waals surface area contributed by atoms with Crippen molar-refractivity contribution in [2.45, 2.75) is 16.1 Å². The molecule has 1 atom stereocenters. The molecule has 1 fully saturated rings. The lowest BCUT2D eigenvalue weighted by Gasteiger charge is -2.23. The SMILES string of the molecule is COc1ccc(C2/C(=C(\O)c3ccc4c(c3)OCCO4)C(=O)C(=O)N2c2nnc(SCc3ccccc3F)s2)cc1OC. The summed E-state index contributed by atoms with van der Waals surface area (Å²) < 4.78 is 36.7. The van der Waals surface area contributed by atoms with Crippen LogP contribution in [0.2, 0.25) is 0 Å². The van der Waals surface area contributed by atoms with Gasteiger partial charge in [-0.05, 0) is 47.5 Å². The van der Waals surface area contributed by atoms with Crippen LogP contribution in [0.25, 0.3) is 5.76 Å². The summed E-state index contributed by atoms with van der Waals surface area (Å²) in [6.45, 7) is 0.729. The zero-order valence-corrected chi connectivity index (χ0v) is 24.5. The molecule has 1 amide bonds. The number of ether oxygens (including phenoxy) is 4. The van der Waals surface area contributed by atoms with Gasteiger partial charge in [-0.1, -0.05) is 47.4 Å². The Labute approximate surface area is 253 Å². The van der Waals surface area contributed by atoms with Crippen LogP contribution in [-0.2, 0) is 15.3 Å². The summed E-state index contributed by atoms with van der Waals surface area (Å²) in [4.78, 5) is 28.4. The first-order valence-corrected chi connectivity index (χ1v) is 14.8. The van der Waals surface area contributed by atoms with E-state index in [1.54, 1.807) is 54.6 Å². The zero-order valence-electron chi connectivity index (χ0n) is 22.9. The lowest BCUT2D eigenvalue weighted by atomic mass is 9.95. The highest BCUT2D eigenvalue weighted by molar-refractivity contribution is 8.00. The van der Waals surface area contributed by atoms with Gasteiger partial charge in [-0.2, -0.15) is 0 Å². The van der Waals surface area contributed by atoms with E-state index >= 15 is 0 Å². The lowest BCUT2D eigenvalue weighted by Crippen LogP contribution is -2.29. The Bertz CT molecular complexity index is 1760. The Kier molecular flexibility index (Phi) is 7.91. The number of aliphatic hydroxyl groups is 1. The second-order valence-electron chi connectivity index (χ2n) is 9.37. The minimum atomic E-state index is -1.08. The number of benzene rings is 3. The molecule has 0 saturated carbocycles. The number of fused-ring (bicyclic) bond motifs is 1. The van der Waals surface area contributed by atoms with Crippen LogP contribution in [-0.4, -0.2) is 54.4 Å². The molecule has 1 aromatic heterocycles. The molecule has 2 aliphatic heterocycles. The van der Waals surface area contributed by atoms with Crippen LogP contribution in [0.5, 0.6) is 23.0 Å². The molecular weight excluding hydrogens is 597 g/mol. The largest absolute Gasteiger partial charge is 0.507 e. The van der Waals surface area contributed by atoms with Gasteiger partial charge in [0.15, 0.2) is 27.3 Å². The monoisotopic (exact) mass is 621 g/mol. The van der Waals surface area contributed by atoms with Gasteiger partial charge in [0.1, 0.15) is 24.8 Å². The van der Waals surface area contributed by atoms with Gasteiger partial charge < -0.3 is 24.1 Å². The Morgan fingerprint density at radius 1 is 1.02 bits per heavy atom. The molecule has 6 rings (SSSR count). The van der Waals surface area contributed by atoms with E-state index in [2.05, 4.69) is 10.2 Å². The topological polar surface area (TPSA) is 120 Å². The highest BCUT2D eigenvalue weighted by Crippen LogP contribution is 2.46. The van der Waals surface area contributed by atoms with Crippen LogP contribution in [0.15, 0.2) is 70.6 Å². The number of methoxy groups -OCH3 is 2. The Morgan fingerprint density at radius 3 is 2.56 bits per heavy atom. The third-order valence-corrected chi connectivity index (χ3v) is 9.00. The van der Waals surface area contributed by atoms with Gasteiger partial charge in [0.25, 0.3) is 5.78 Å². The molecule has 0 aliphatic carbocycles. The second kappa shape index (κ2) is 11.9. The third kappa shape index (κ3) is 5.37. The molecule has 10 nitrogen and oxygen atoms in total. The van der Waals surface area contributed by atoms with Crippen molar-refractivity contribution in [3.63, 3.8) is 0 Å². The maximum absolute atomic E-state index is 14.1. The Hall–Kier alpha value is -4.62. The zero-order chi connectivity index (χ0) is 30.1. The fourth-order valence-electron chi connectivity index (χ4n) is 4.83. The lowest BCUT2D eigenvalue weighted by molar-refractivity contribution is -0.132. The first kappa shape index (κ1) is 28.5. The summed E-state index contributed by atoms with van der Waals surface area (Å²) in [7, 11) is 2.96. The van der Waals surface area contributed by atoms with Gasteiger partial charge in [-0.15, -0.1) is 10.2 Å². The summed E-state index contributed by atoms with van der Waals surface area (Å²) in [5.74, 6) is -0.496. The minimum Gasteiger partial charge on any atom is -0.507 e. The Balaban J connectivity index is 1.43. The fourth-order valence-corrected chi connectivity index (χ4v) is 6.68. The van der Waals surface area contributed by atoms with E-state index < -0.39 is 23.5 Å². The molecule has 220 valence electrons. The van der Waals surface area contributed by atoms with Crippen LogP contribution >= 0.6 is 23.1 Å². The molecule has 0 radical (unpaired) electrons. The fraction of sp³-hybridized carbons (Fsp3) is 0.200. The quantitative estimate of drug-likeness (QED) is 0.0902. The van der Waals surface area contributed by atoms with Crippen LogP contribution in [0, 0.1) is 5.82 Å². The maximum Gasteiger partial charge on any atom is 0.301 e. The van der Waals surface area contributed by atoms with Crippen LogP contribution in [0.4, 0.5) is 9.52 Å². The highest BCUT2D eigenvalue weighted by Gasteiger charge is 2.48. The molecule has 13 heteroatoms. The second-order valence-corrected chi connectivity index (χ2v) is 11.6. The average Bonchev–Trinajstić information content (AvgIpc) is 3.61. The first-order valence-electron chi connectivity index (χ1n) is 13.0. The summed E-state index contributed by atoms with van der Waals surface area (Å²) in [5.41, 5.74) is 1.08. The number of aromatic nitrogens is 2. The van der Waals surface area contributed by atoms with Crippen LogP contribution < -0.4 is 23.8 Å². The molecule has 3 aromatic carbocycles. The van der Waals surface area contributed by atoms with E-state index in [9.17, 15) is 19.1 Å². The van der Waals surface area contributed by atoms with Crippen molar-refractivity contribution in [2.24, 2.45) is 0 Å². The number of carbonyl (C=O) groups is 2. The van der Waals surface area contributed by atoms with Crippen molar-refractivity contribution in [3.8, 4) is 23.0 Å². The number of halogens is 1. The number of rotatable bonds is 8. The van der Waals surface area contributed by atoms with Crippen molar-refractivity contribution in [2.75, 3.05) is 32.3 Å². The number of ketones is 1. The predicted octanol–water partition coefficient (Wildman–Crippen LogP) is 5.38. The normalized spacial score (nSPS) is 17.3. The first-order chi connectivity index (χ1) is 20.9. The molecule has 0 bridgehead atoms. The van der Waals surface area contributed by atoms with Crippen molar-refractivity contribution in [1.29, 1.82) is 0 Å². The molecule has 3 heterocycles. The number of hydrogen-bond acceptors (Lipinski definition) is 11. The molecule has 43 heavy (non-hydrogen) atoms. The smallest absolute Gasteiger partial charge is 0.301 e. The van der Waals surface area contributed by atoms with E-state index in [1.165, 1.54) is 36.9 Å². The van der Waals surface area contributed by atoms with Crippen LogP contribution in [0.1, 0.15) is 22.7 Å². The highest BCUT2D eigenvalue weighted by atomic mass is 32.2. The molecule has 1 N–H and O–H groups in total. The molecule has 1 unspecified atom stereocenters. The average molecular weight is 622 g/mol. The number of nitrogens with zero attached hydrogens (tertiary/aromatic N) is 3. The summed E-state index contributed by atoms with van der Waals surface area (Å²) >= 11 is 2.33. The van der Waals surface area contributed by atoms with Gasteiger partial charge >= 0.3 is 5.91 Å². The van der Waals surface area contributed by atoms with E-state index in [4.69, 9.17) is 18.9 Å². The van der Waals surface area contributed by atoms with Gasteiger partial charge in [0, 0.05) is 11.3 Å². The van der Waals surface area contributed by atoms with E-state index in [0.29, 0.717) is 57.4 Å². The molecule has 4 aromatic rings. The number of thioether (sulfide) groups is 1. The van der Waals surface area contributed by atoms with Gasteiger partial charge in [0.05, 0.1) is 25.8 Å². The van der Waals surface area contributed by atoms with Crippen molar-refractivity contribution < 1.29 is 38.0 Å². The van der Waals surface area contributed by atoms with Crippen LogP contribution in [0.3, 0.4) is 0 Å². The standard InChI is InChI=1S/C30H24FN3O7S2/c1-38-20-9-7-16(13-22(20)39-2)25-24(26(35)17-8-10-21-23(14-17)41-12-11-40-21)27(36)28(37)34(25)29-32-33-30(43-29)42-15-18-5-3-4-6-19(18)31/h3-10,13-14,25,35H,11-12,15H2,1-2H3/b26-24+. The summed E-state index contributed by atoms with van der Waals surface area (Å²) in [6, 6.07) is 15.1.